The van der Waals surface area contributed by atoms with Crippen LogP contribution in [-0.2, 0) is 6.61 Å². The molecule has 0 saturated carbocycles. The highest BCUT2D eigenvalue weighted by atomic mass is 79.9. The Hall–Kier alpha value is -3.39. The van der Waals surface area contributed by atoms with Gasteiger partial charge in [0.25, 0.3) is 5.56 Å². The summed E-state index contributed by atoms with van der Waals surface area (Å²) in [5.41, 5.74) is 5.25. The molecular formula is C26H26BrN5O2. The third-order valence-corrected chi connectivity index (χ3v) is 6.27. The maximum atomic E-state index is 13.4. The van der Waals surface area contributed by atoms with E-state index in [4.69, 9.17) is 4.74 Å². The van der Waals surface area contributed by atoms with Crippen molar-refractivity contribution < 1.29 is 4.74 Å². The zero-order valence-electron chi connectivity index (χ0n) is 19.8. The fraction of sp³-hybridized carbons (Fsp3) is 0.269. The van der Waals surface area contributed by atoms with Crippen molar-refractivity contribution in [3.8, 4) is 22.8 Å². The molecule has 0 bridgehead atoms. The van der Waals surface area contributed by atoms with Gasteiger partial charge in [-0.1, -0.05) is 19.9 Å². The average Bonchev–Trinajstić information content (AvgIpc) is 2.83. The monoisotopic (exact) mass is 519 g/mol. The summed E-state index contributed by atoms with van der Waals surface area (Å²) >= 11 is 3.48. The third kappa shape index (κ3) is 4.77. The van der Waals surface area contributed by atoms with Crippen molar-refractivity contribution in [3.05, 3.63) is 92.1 Å². The van der Waals surface area contributed by atoms with Crippen LogP contribution in [0, 0.1) is 20.8 Å². The van der Waals surface area contributed by atoms with Crippen molar-refractivity contribution >= 4 is 15.9 Å². The minimum absolute atomic E-state index is 0.203. The molecule has 0 N–H and O–H groups in total. The van der Waals surface area contributed by atoms with Gasteiger partial charge in [0.2, 0.25) is 0 Å². The number of hydrogen-bond donors (Lipinski definition) is 0. The van der Waals surface area contributed by atoms with E-state index in [1.807, 2.05) is 71.0 Å². The lowest BCUT2D eigenvalue weighted by Crippen LogP contribution is -2.23. The second kappa shape index (κ2) is 9.85. The largest absolute Gasteiger partial charge is 0.486 e. The molecule has 34 heavy (non-hydrogen) atoms. The molecule has 4 aromatic heterocycles. The van der Waals surface area contributed by atoms with E-state index < -0.39 is 0 Å². The third-order valence-electron chi connectivity index (χ3n) is 5.57. The molecule has 4 heterocycles. The van der Waals surface area contributed by atoms with Gasteiger partial charge in [-0.2, -0.15) is 0 Å². The first kappa shape index (κ1) is 23.8. The molecule has 0 spiro atoms. The van der Waals surface area contributed by atoms with Crippen LogP contribution in [0.5, 0.6) is 5.75 Å². The highest BCUT2D eigenvalue weighted by Gasteiger charge is 2.19. The fourth-order valence-corrected chi connectivity index (χ4v) is 4.24. The number of aryl methyl sites for hydroxylation is 1. The zero-order valence-corrected chi connectivity index (χ0v) is 21.4. The van der Waals surface area contributed by atoms with Gasteiger partial charge in [-0.15, -0.1) is 0 Å². The Labute approximate surface area is 207 Å². The summed E-state index contributed by atoms with van der Waals surface area (Å²) in [4.78, 5) is 31.3. The van der Waals surface area contributed by atoms with Gasteiger partial charge < -0.3 is 4.74 Å². The van der Waals surface area contributed by atoms with Crippen molar-refractivity contribution in [2.45, 2.75) is 47.1 Å². The predicted octanol–water partition coefficient (Wildman–Crippen LogP) is 5.47. The summed E-state index contributed by atoms with van der Waals surface area (Å²) in [5.74, 6) is 1.48. The van der Waals surface area contributed by atoms with Crippen molar-refractivity contribution in [2.75, 3.05) is 0 Å². The van der Waals surface area contributed by atoms with Crippen LogP contribution in [-0.4, -0.2) is 24.5 Å². The van der Waals surface area contributed by atoms with Gasteiger partial charge in [0.1, 0.15) is 22.7 Å². The second-order valence-corrected chi connectivity index (χ2v) is 9.20. The molecule has 8 heteroatoms. The Balaban J connectivity index is 1.73. The van der Waals surface area contributed by atoms with Crippen LogP contribution < -0.4 is 10.3 Å². The molecule has 0 saturated heterocycles. The first-order valence-electron chi connectivity index (χ1n) is 11.0. The first-order valence-corrected chi connectivity index (χ1v) is 11.8. The van der Waals surface area contributed by atoms with Crippen LogP contribution in [0.3, 0.4) is 0 Å². The molecule has 0 aliphatic rings. The summed E-state index contributed by atoms with van der Waals surface area (Å²) in [5, 5.41) is 0. The van der Waals surface area contributed by atoms with E-state index in [0.717, 1.165) is 28.5 Å². The standard InChI is InChI=1S/C26H26BrN5O2/c1-15(2)25-29-12-10-21(31-25)22-13-20(9-11-28-22)32-18(5)17(4)24(23(27)26(32)33)34-14-19-8-6-7-16(3)30-19/h6-13,15H,14H2,1-5H3. The second-order valence-electron chi connectivity index (χ2n) is 8.41. The molecule has 0 aromatic carbocycles. The zero-order chi connectivity index (χ0) is 24.4. The summed E-state index contributed by atoms with van der Waals surface area (Å²) < 4.78 is 8.06. The molecule has 4 rings (SSSR count). The number of nitrogens with zero attached hydrogens (tertiary/aromatic N) is 5. The van der Waals surface area contributed by atoms with Crippen molar-refractivity contribution in [2.24, 2.45) is 0 Å². The number of hydrogen-bond acceptors (Lipinski definition) is 6. The van der Waals surface area contributed by atoms with E-state index in [0.29, 0.717) is 27.3 Å². The quantitative estimate of drug-likeness (QED) is 0.335. The van der Waals surface area contributed by atoms with E-state index in [-0.39, 0.29) is 18.1 Å². The lowest BCUT2D eigenvalue weighted by molar-refractivity contribution is 0.295. The maximum absolute atomic E-state index is 13.4. The SMILES string of the molecule is Cc1cccc(COc2c(C)c(C)n(-c3ccnc(-c4ccnc(C(C)C)n4)c3)c(=O)c2Br)n1. The summed E-state index contributed by atoms with van der Waals surface area (Å²) in [6.07, 6.45) is 3.42. The van der Waals surface area contributed by atoms with E-state index >= 15 is 0 Å². The highest BCUT2D eigenvalue weighted by molar-refractivity contribution is 9.10. The van der Waals surface area contributed by atoms with Gasteiger partial charge in [-0.05, 0) is 67.0 Å². The molecule has 4 aromatic rings. The van der Waals surface area contributed by atoms with Crippen molar-refractivity contribution in [1.29, 1.82) is 0 Å². The Morgan fingerprint density at radius 2 is 1.76 bits per heavy atom. The van der Waals surface area contributed by atoms with E-state index in [9.17, 15) is 4.79 Å². The molecule has 7 nitrogen and oxygen atoms in total. The van der Waals surface area contributed by atoms with Crippen LogP contribution in [0.15, 0.2) is 58.1 Å². The lowest BCUT2D eigenvalue weighted by atomic mass is 10.1. The minimum atomic E-state index is -0.210. The van der Waals surface area contributed by atoms with Crippen LogP contribution in [0.25, 0.3) is 17.1 Å². The normalized spacial score (nSPS) is 11.1. The van der Waals surface area contributed by atoms with Crippen LogP contribution in [0.1, 0.15) is 48.2 Å². The molecule has 174 valence electrons. The molecule has 0 atom stereocenters. The highest BCUT2D eigenvalue weighted by Crippen LogP contribution is 2.30. The number of halogens is 1. The lowest BCUT2D eigenvalue weighted by Gasteiger charge is -2.18. The smallest absolute Gasteiger partial charge is 0.273 e. The first-order chi connectivity index (χ1) is 16.3. The number of aromatic nitrogens is 5. The molecular weight excluding hydrogens is 494 g/mol. The van der Waals surface area contributed by atoms with E-state index in [1.54, 1.807) is 17.0 Å². The van der Waals surface area contributed by atoms with Gasteiger partial charge in [0.05, 0.1) is 22.8 Å². The predicted molar refractivity (Wildman–Crippen MR) is 135 cm³/mol. The Morgan fingerprint density at radius 1 is 1.00 bits per heavy atom. The minimum Gasteiger partial charge on any atom is -0.486 e. The van der Waals surface area contributed by atoms with Crippen molar-refractivity contribution in [1.82, 2.24) is 24.5 Å². The van der Waals surface area contributed by atoms with Crippen molar-refractivity contribution in [3.63, 3.8) is 0 Å². The molecule has 0 amide bonds. The molecule has 0 aliphatic heterocycles. The Kier molecular flexibility index (Phi) is 6.88. The fourth-order valence-electron chi connectivity index (χ4n) is 3.65. The molecule has 0 aliphatic carbocycles. The van der Waals surface area contributed by atoms with E-state index in [1.165, 1.54) is 0 Å². The van der Waals surface area contributed by atoms with Gasteiger partial charge in [0, 0.05) is 35.3 Å². The Morgan fingerprint density at radius 3 is 2.50 bits per heavy atom. The summed E-state index contributed by atoms with van der Waals surface area (Å²) in [6.45, 7) is 10.1. The molecule has 0 fully saturated rings. The number of pyridine rings is 3. The number of ether oxygens (including phenoxy) is 1. The van der Waals surface area contributed by atoms with Gasteiger partial charge >= 0.3 is 0 Å². The summed E-state index contributed by atoms with van der Waals surface area (Å²) in [7, 11) is 0. The maximum Gasteiger partial charge on any atom is 0.273 e. The van der Waals surface area contributed by atoms with Crippen LogP contribution in [0.2, 0.25) is 0 Å². The van der Waals surface area contributed by atoms with Crippen LogP contribution >= 0.6 is 15.9 Å². The average molecular weight is 520 g/mol. The number of rotatable bonds is 6. The van der Waals surface area contributed by atoms with Gasteiger partial charge in [-0.25, -0.2) is 9.97 Å². The molecule has 0 unspecified atom stereocenters. The molecule has 0 radical (unpaired) electrons. The van der Waals surface area contributed by atoms with Gasteiger partial charge in [0.15, 0.2) is 0 Å². The Bertz CT molecular complexity index is 1410. The van der Waals surface area contributed by atoms with Gasteiger partial charge in [-0.3, -0.25) is 19.3 Å². The topological polar surface area (TPSA) is 82.8 Å². The van der Waals surface area contributed by atoms with Crippen LogP contribution in [0.4, 0.5) is 0 Å². The van der Waals surface area contributed by atoms with E-state index in [2.05, 4.69) is 35.9 Å². The summed E-state index contributed by atoms with van der Waals surface area (Å²) in [6, 6.07) is 11.3.